The van der Waals surface area contributed by atoms with E-state index in [4.69, 9.17) is 5.10 Å². The number of hydrogen-bond acceptors (Lipinski definition) is 4. The van der Waals surface area contributed by atoms with E-state index in [1.807, 2.05) is 45.9 Å². The van der Waals surface area contributed by atoms with Gasteiger partial charge in [-0.25, -0.2) is 9.36 Å². The normalized spacial score (nSPS) is 12.9. The molecule has 150 valence electrons. The van der Waals surface area contributed by atoms with E-state index in [0.29, 0.717) is 13.1 Å². The highest BCUT2D eigenvalue weighted by molar-refractivity contribution is 5.92. The van der Waals surface area contributed by atoms with Gasteiger partial charge in [0.05, 0.1) is 24.5 Å². The molecule has 0 aliphatic carbocycles. The lowest BCUT2D eigenvalue weighted by molar-refractivity contribution is 0.0740. The van der Waals surface area contributed by atoms with Gasteiger partial charge < -0.3 is 9.47 Å². The topological polar surface area (TPSA) is 78.0 Å². The number of amides is 1. The van der Waals surface area contributed by atoms with Crippen molar-refractivity contribution in [3.63, 3.8) is 0 Å². The number of fused-ring (bicyclic) bond motifs is 1. The Morgan fingerprint density at radius 3 is 2.40 bits per heavy atom. The Labute approximate surface area is 172 Å². The molecule has 0 spiro atoms. The van der Waals surface area contributed by atoms with Gasteiger partial charge in [0.1, 0.15) is 11.5 Å². The van der Waals surface area contributed by atoms with Gasteiger partial charge in [0.15, 0.2) is 0 Å². The Morgan fingerprint density at radius 1 is 0.967 bits per heavy atom. The van der Waals surface area contributed by atoms with Crippen molar-refractivity contribution in [2.75, 3.05) is 0 Å². The van der Waals surface area contributed by atoms with E-state index in [0.717, 1.165) is 22.8 Å². The zero-order chi connectivity index (χ0) is 20.8. The third kappa shape index (κ3) is 2.93. The number of aromatic nitrogens is 5. The largest absolute Gasteiger partial charge is 0.327 e. The Bertz CT molecular complexity index is 1300. The third-order valence-corrected chi connectivity index (χ3v) is 5.32. The Kier molecular flexibility index (Phi) is 4.13. The van der Waals surface area contributed by atoms with Crippen LogP contribution in [0, 0.1) is 6.92 Å². The first-order valence-electron chi connectivity index (χ1n) is 9.66. The van der Waals surface area contributed by atoms with Gasteiger partial charge in [-0.1, -0.05) is 17.7 Å². The molecule has 1 amide bonds. The van der Waals surface area contributed by atoms with Crippen LogP contribution in [0.3, 0.4) is 0 Å². The van der Waals surface area contributed by atoms with E-state index in [-0.39, 0.29) is 17.2 Å². The zero-order valence-corrected chi connectivity index (χ0v) is 16.7. The van der Waals surface area contributed by atoms with Gasteiger partial charge in [0.2, 0.25) is 0 Å². The molecule has 8 heteroatoms. The predicted octanol–water partition coefficient (Wildman–Crippen LogP) is 2.22. The Balaban J connectivity index is 1.53. The van der Waals surface area contributed by atoms with Gasteiger partial charge in [-0.15, -0.1) is 0 Å². The molecule has 1 aliphatic heterocycles. The highest BCUT2D eigenvalue weighted by atomic mass is 16.2. The van der Waals surface area contributed by atoms with Crippen molar-refractivity contribution in [1.82, 2.24) is 29.0 Å². The summed E-state index contributed by atoms with van der Waals surface area (Å²) in [7, 11) is 1.54. The van der Waals surface area contributed by atoms with Crippen LogP contribution in [-0.4, -0.2) is 34.9 Å². The summed E-state index contributed by atoms with van der Waals surface area (Å²) < 4.78 is 5.12. The fourth-order valence-electron chi connectivity index (χ4n) is 3.73. The van der Waals surface area contributed by atoms with Crippen LogP contribution in [0.25, 0.3) is 11.5 Å². The minimum absolute atomic E-state index is 0.219. The molecule has 0 saturated carbocycles. The molecule has 0 fully saturated rings. The van der Waals surface area contributed by atoms with Crippen LogP contribution in [0.1, 0.15) is 27.3 Å². The highest BCUT2D eigenvalue weighted by Crippen LogP contribution is 2.31. The number of carbonyl (C=O) groups excluding carboxylic acids is 1. The Hall–Kier alpha value is -3.94. The number of benzene rings is 1. The second-order valence-electron chi connectivity index (χ2n) is 7.43. The van der Waals surface area contributed by atoms with E-state index in [1.165, 1.54) is 29.4 Å². The maximum absolute atomic E-state index is 13.0. The summed E-state index contributed by atoms with van der Waals surface area (Å²) in [6, 6.07) is 15.0. The van der Waals surface area contributed by atoms with Crippen LogP contribution in [0.2, 0.25) is 0 Å². The maximum Gasteiger partial charge on any atom is 0.274 e. The number of rotatable bonds is 3. The average molecular weight is 400 g/mol. The molecule has 0 atom stereocenters. The molecule has 0 N–H and O–H groups in total. The van der Waals surface area contributed by atoms with Crippen molar-refractivity contribution in [1.29, 1.82) is 0 Å². The quantitative estimate of drug-likeness (QED) is 0.528. The second-order valence-corrected chi connectivity index (χ2v) is 7.43. The van der Waals surface area contributed by atoms with E-state index in [1.54, 1.807) is 4.90 Å². The average Bonchev–Trinajstić information content (AvgIpc) is 3.46. The van der Waals surface area contributed by atoms with Gasteiger partial charge in [-0.05, 0) is 37.3 Å². The third-order valence-electron chi connectivity index (χ3n) is 5.32. The predicted molar refractivity (Wildman–Crippen MR) is 111 cm³/mol. The van der Waals surface area contributed by atoms with E-state index >= 15 is 0 Å². The lowest BCUT2D eigenvalue weighted by atomic mass is 10.2. The summed E-state index contributed by atoms with van der Waals surface area (Å²) in [5.74, 6) is 0.700. The molecular formula is C22H20N6O2. The molecule has 1 aromatic carbocycles. The van der Waals surface area contributed by atoms with Crippen molar-refractivity contribution in [3.05, 3.63) is 93.8 Å². The van der Waals surface area contributed by atoms with E-state index < -0.39 is 0 Å². The standard InChI is InChI=1S/C22H20N6O2/c1-15-5-7-16(8-6-15)28-21(26-11-3-4-12-26)17-13-27(14-19(17)24-28)22(30)18-9-10-20(29)25(2)23-18/h3-12H,13-14H2,1-2H3. The SMILES string of the molecule is Cc1ccc(-n2nc3c(c2-n2cccc2)CN(C(=O)c2ccc(=O)n(C)n2)C3)cc1. The summed E-state index contributed by atoms with van der Waals surface area (Å²) in [5.41, 5.74) is 4.01. The van der Waals surface area contributed by atoms with Crippen molar-refractivity contribution in [2.45, 2.75) is 20.0 Å². The van der Waals surface area contributed by atoms with E-state index in [9.17, 15) is 9.59 Å². The van der Waals surface area contributed by atoms with Crippen molar-refractivity contribution in [2.24, 2.45) is 7.05 Å². The minimum Gasteiger partial charge on any atom is -0.327 e. The summed E-state index contributed by atoms with van der Waals surface area (Å²) in [5, 5.41) is 8.92. The molecule has 0 saturated heterocycles. The van der Waals surface area contributed by atoms with Crippen molar-refractivity contribution < 1.29 is 4.79 Å². The first kappa shape index (κ1) is 18.1. The number of carbonyl (C=O) groups is 1. The first-order chi connectivity index (χ1) is 14.5. The summed E-state index contributed by atoms with van der Waals surface area (Å²) >= 11 is 0. The second kappa shape index (κ2) is 6.84. The monoisotopic (exact) mass is 400 g/mol. The van der Waals surface area contributed by atoms with Crippen LogP contribution in [-0.2, 0) is 20.1 Å². The smallest absolute Gasteiger partial charge is 0.274 e. The van der Waals surface area contributed by atoms with Gasteiger partial charge >= 0.3 is 0 Å². The fraction of sp³-hybridized carbons (Fsp3) is 0.182. The van der Waals surface area contributed by atoms with Gasteiger partial charge in [0, 0.05) is 31.1 Å². The summed E-state index contributed by atoms with van der Waals surface area (Å²) in [4.78, 5) is 26.3. The minimum atomic E-state index is -0.249. The molecule has 0 radical (unpaired) electrons. The Morgan fingerprint density at radius 2 is 1.70 bits per heavy atom. The first-order valence-corrected chi connectivity index (χ1v) is 9.66. The highest BCUT2D eigenvalue weighted by Gasteiger charge is 2.32. The zero-order valence-electron chi connectivity index (χ0n) is 16.7. The molecular weight excluding hydrogens is 380 g/mol. The number of nitrogens with zero attached hydrogens (tertiary/aromatic N) is 6. The van der Waals surface area contributed by atoms with E-state index in [2.05, 4.69) is 24.2 Å². The number of hydrogen-bond donors (Lipinski definition) is 0. The van der Waals surface area contributed by atoms with Gasteiger partial charge in [-0.3, -0.25) is 9.59 Å². The van der Waals surface area contributed by atoms with Crippen LogP contribution >= 0.6 is 0 Å². The number of aryl methyl sites for hydroxylation is 2. The molecule has 3 aromatic heterocycles. The molecule has 30 heavy (non-hydrogen) atoms. The van der Waals surface area contributed by atoms with Gasteiger partial charge in [-0.2, -0.15) is 10.2 Å². The lowest BCUT2D eigenvalue weighted by Gasteiger charge is -2.17. The van der Waals surface area contributed by atoms with Crippen LogP contribution < -0.4 is 5.56 Å². The van der Waals surface area contributed by atoms with Crippen LogP contribution in [0.5, 0.6) is 0 Å². The van der Waals surface area contributed by atoms with Crippen molar-refractivity contribution in [3.8, 4) is 11.5 Å². The lowest BCUT2D eigenvalue weighted by Crippen LogP contribution is -2.30. The molecule has 1 aliphatic rings. The summed E-state index contributed by atoms with van der Waals surface area (Å²) in [6.07, 6.45) is 3.95. The molecule has 8 nitrogen and oxygen atoms in total. The van der Waals surface area contributed by atoms with Crippen molar-refractivity contribution >= 4 is 5.91 Å². The van der Waals surface area contributed by atoms with Gasteiger partial charge in [0.25, 0.3) is 11.5 Å². The maximum atomic E-state index is 13.0. The van der Waals surface area contributed by atoms with Crippen LogP contribution in [0.4, 0.5) is 0 Å². The molecule has 0 unspecified atom stereocenters. The fourth-order valence-corrected chi connectivity index (χ4v) is 3.73. The molecule has 5 rings (SSSR count). The summed E-state index contributed by atoms with van der Waals surface area (Å²) in [6.45, 7) is 2.88. The molecule has 4 heterocycles. The molecule has 0 bridgehead atoms. The van der Waals surface area contributed by atoms with Crippen LogP contribution in [0.15, 0.2) is 65.7 Å². The molecule has 4 aromatic rings.